The highest BCUT2D eigenvalue weighted by Gasteiger charge is 2.41. The van der Waals surface area contributed by atoms with Crippen molar-refractivity contribution in [2.75, 3.05) is 19.8 Å². The third-order valence-corrected chi connectivity index (χ3v) is 16.2. The maximum atomic E-state index is 13.8. The van der Waals surface area contributed by atoms with E-state index in [1.165, 1.54) is 72.8 Å². The fourth-order valence-electron chi connectivity index (χ4n) is 10.4. The lowest BCUT2D eigenvalue weighted by molar-refractivity contribution is -0.331. The second-order valence-corrected chi connectivity index (χ2v) is 23.9. The molecule has 0 aliphatic rings. The number of hydrogen-bond acceptors (Lipinski definition) is 18. The van der Waals surface area contributed by atoms with E-state index in [1.807, 2.05) is 18.2 Å². The van der Waals surface area contributed by atoms with Crippen molar-refractivity contribution in [2.24, 2.45) is 0 Å². The average Bonchev–Trinajstić information content (AvgIpc) is 0.921. The number of nitrogens with zero attached hydrogens (tertiary/aromatic N) is 3. The molecule has 0 saturated heterocycles. The van der Waals surface area contributed by atoms with Crippen molar-refractivity contribution >= 4 is 52.5 Å². The molecule has 6 aromatic carbocycles. The van der Waals surface area contributed by atoms with Crippen LogP contribution in [0, 0.1) is 34.0 Å². The number of benzene rings is 6. The van der Waals surface area contributed by atoms with Crippen LogP contribution in [0.15, 0.2) is 165 Å². The number of nitriles is 3. The lowest BCUT2D eigenvalue weighted by Crippen LogP contribution is -2.44. The quantitative estimate of drug-likeness (QED) is 0.0113. The molecule has 0 N–H and O–H groups in total. The number of ether oxygens (including phenoxy) is 9. The zero-order chi connectivity index (χ0) is 73.0. The predicted molar refractivity (Wildman–Crippen MR) is 376 cm³/mol. The summed E-state index contributed by atoms with van der Waals surface area (Å²) < 4.78 is 92.2. The van der Waals surface area contributed by atoms with Crippen molar-refractivity contribution in [2.45, 2.75) is 173 Å². The maximum Gasteiger partial charge on any atom is 0.423 e. The number of esters is 6. The Morgan fingerprint density at radius 1 is 0.324 bits per heavy atom. The van der Waals surface area contributed by atoms with Crippen LogP contribution >= 0.6 is 0 Å². The Hall–Kier alpha value is -11.0. The molecule has 0 amide bonds. The normalized spacial score (nSPS) is 11.9. The van der Waals surface area contributed by atoms with Crippen molar-refractivity contribution in [3.63, 3.8) is 0 Å². The highest BCUT2D eigenvalue weighted by Crippen LogP contribution is 2.29. The van der Waals surface area contributed by atoms with E-state index in [-0.39, 0.29) is 78.6 Å². The summed E-state index contributed by atoms with van der Waals surface area (Å²) in [4.78, 5) is 78.2. The summed E-state index contributed by atoms with van der Waals surface area (Å²) in [6.07, 6.45) is 17.4. The van der Waals surface area contributed by atoms with Gasteiger partial charge in [0.05, 0.1) is 77.9 Å². The standard InChI is InChI=1S/C81H86F3N3O15/c1-2-81(100-75(88)24-18-12-6-3-9-15-21-51-94-66-45-33-63(34-46-66)72(54-82)78(91)97-69-39-27-60(57-85)28-40-69,101-76(89)25-19-13-7-4-10-16-22-52-95-67-47-35-64(36-48-67)73(55-83)79(92)98-70-41-29-61(58-86)30-42-70)102-77(90)26-20-14-8-5-11-17-23-53-96-68-49-37-65(38-50-68)74(56-84)80(93)99-71-43-31-62(59-87)32-44-71/h27-50,54-56H,2-26,51-53H2,1H3. The van der Waals surface area contributed by atoms with Gasteiger partial charge >= 0.3 is 41.8 Å². The Morgan fingerprint density at radius 3 is 0.755 bits per heavy atom. The predicted octanol–water partition coefficient (Wildman–Crippen LogP) is 18.6. The molecule has 0 saturated carbocycles. The largest absolute Gasteiger partial charge is 0.494 e. The summed E-state index contributed by atoms with van der Waals surface area (Å²) >= 11 is 0. The van der Waals surface area contributed by atoms with Gasteiger partial charge in [-0.05, 0) is 164 Å². The molecule has 21 heteroatoms. The Bertz CT molecular complexity index is 3440. The topological polar surface area (TPSA) is 257 Å². The summed E-state index contributed by atoms with van der Waals surface area (Å²) in [5, 5.41) is 27.0. The molecule has 0 bridgehead atoms. The van der Waals surface area contributed by atoms with Crippen LogP contribution in [0.5, 0.6) is 34.5 Å². The summed E-state index contributed by atoms with van der Waals surface area (Å²) in [5.41, 5.74) is 1.30. The second kappa shape index (κ2) is 45.6. The van der Waals surface area contributed by atoms with Gasteiger partial charge in [-0.2, -0.15) is 15.8 Å². The van der Waals surface area contributed by atoms with Gasteiger partial charge in [0.25, 0.3) is 0 Å². The highest BCUT2D eigenvalue weighted by molar-refractivity contribution is 6.18. The molecule has 0 aliphatic carbocycles. The van der Waals surface area contributed by atoms with E-state index in [2.05, 4.69) is 0 Å². The molecule has 0 heterocycles. The smallest absolute Gasteiger partial charge is 0.423 e. The van der Waals surface area contributed by atoms with Crippen LogP contribution in [-0.4, -0.2) is 61.6 Å². The van der Waals surface area contributed by atoms with Gasteiger partial charge in [-0.3, -0.25) is 14.4 Å². The van der Waals surface area contributed by atoms with Crippen LogP contribution in [0.25, 0.3) is 16.7 Å². The lowest BCUT2D eigenvalue weighted by atomic mass is 10.1. The first-order valence-corrected chi connectivity index (χ1v) is 34.6. The number of hydrogen-bond donors (Lipinski definition) is 0. The fourth-order valence-corrected chi connectivity index (χ4v) is 10.4. The number of carbonyl (C=O) groups is 6. The zero-order valence-electron chi connectivity index (χ0n) is 57.5. The fraction of sp³-hybridized carbons (Fsp3) is 0.370. The molecule has 0 radical (unpaired) electrons. The van der Waals surface area contributed by atoms with Gasteiger partial charge < -0.3 is 42.6 Å². The van der Waals surface area contributed by atoms with Crippen LogP contribution in [0.1, 0.15) is 201 Å². The molecular formula is C81H86F3N3O15. The lowest BCUT2D eigenvalue weighted by Gasteiger charge is -2.30. The molecular weight excluding hydrogens is 1310 g/mol. The SMILES string of the molecule is CCC(OC(=O)CCCCCCCCCOc1ccc(C(=CF)C(=O)Oc2ccc(C#N)cc2)cc1)(OC(=O)CCCCCCCCCOc1ccc(C(=CF)C(=O)Oc2ccc(C#N)cc2)cc1)OC(=O)CCCCCCCCCOc1ccc(C(=CF)C(=O)Oc2ccc(C#N)cc2)cc1. The number of carbonyl (C=O) groups excluding carboxylic acids is 6. The minimum Gasteiger partial charge on any atom is -0.494 e. The molecule has 102 heavy (non-hydrogen) atoms. The zero-order valence-corrected chi connectivity index (χ0v) is 57.5. The van der Waals surface area contributed by atoms with Crippen molar-refractivity contribution in [3.8, 4) is 52.7 Å². The van der Waals surface area contributed by atoms with E-state index in [0.29, 0.717) is 89.7 Å². The summed E-state index contributed by atoms with van der Waals surface area (Å²) in [6, 6.07) is 42.9. The minimum absolute atomic E-state index is 0.0232. The third-order valence-electron chi connectivity index (χ3n) is 16.2. The van der Waals surface area contributed by atoms with E-state index < -0.39 is 41.8 Å². The van der Waals surface area contributed by atoms with Gasteiger partial charge in [0.1, 0.15) is 53.5 Å². The molecule has 6 rings (SSSR count). The Morgan fingerprint density at radius 2 is 0.539 bits per heavy atom. The van der Waals surface area contributed by atoms with Crippen LogP contribution in [0.4, 0.5) is 13.2 Å². The van der Waals surface area contributed by atoms with Gasteiger partial charge in [0.2, 0.25) is 0 Å². The minimum atomic E-state index is -2.22. The third kappa shape index (κ3) is 29.1. The summed E-state index contributed by atoms with van der Waals surface area (Å²) in [7, 11) is 0. The Labute approximate surface area is 594 Å². The Kier molecular flexibility index (Phi) is 35.8. The first kappa shape index (κ1) is 80.0. The van der Waals surface area contributed by atoms with Gasteiger partial charge in [0.15, 0.2) is 0 Å². The highest BCUT2D eigenvalue weighted by atomic mass is 19.1. The van der Waals surface area contributed by atoms with E-state index in [9.17, 15) is 41.9 Å². The van der Waals surface area contributed by atoms with E-state index in [1.54, 1.807) is 79.7 Å². The number of unbranched alkanes of at least 4 members (excludes halogenated alkanes) is 18. The molecule has 0 aromatic heterocycles. The van der Waals surface area contributed by atoms with E-state index in [0.717, 1.165) is 116 Å². The van der Waals surface area contributed by atoms with Gasteiger partial charge in [-0.25, -0.2) is 27.6 Å². The second-order valence-electron chi connectivity index (χ2n) is 23.9. The summed E-state index contributed by atoms with van der Waals surface area (Å²) in [5.74, 6) is -4.63. The number of halogens is 3. The molecule has 0 fully saturated rings. The monoisotopic (exact) mass is 1400 g/mol. The van der Waals surface area contributed by atoms with Crippen LogP contribution in [0.2, 0.25) is 0 Å². The van der Waals surface area contributed by atoms with E-state index >= 15 is 0 Å². The van der Waals surface area contributed by atoms with Crippen molar-refractivity contribution in [1.82, 2.24) is 0 Å². The molecule has 0 atom stereocenters. The molecule has 0 unspecified atom stereocenters. The van der Waals surface area contributed by atoms with Crippen LogP contribution < -0.4 is 28.4 Å². The first-order valence-electron chi connectivity index (χ1n) is 34.6. The molecule has 6 aromatic rings. The van der Waals surface area contributed by atoms with Crippen molar-refractivity contribution in [1.29, 1.82) is 15.8 Å². The molecule has 0 aliphatic heterocycles. The number of rotatable bonds is 46. The Balaban J connectivity index is 0.860. The summed E-state index contributed by atoms with van der Waals surface area (Å²) in [6.45, 7) is 2.97. The molecule has 0 spiro atoms. The molecule has 18 nitrogen and oxygen atoms in total. The maximum absolute atomic E-state index is 13.8. The van der Waals surface area contributed by atoms with Gasteiger partial charge in [0, 0.05) is 19.3 Å². The van der Waals surface area contributed by atoms with Gasteiger partial charge in [-0.15, -0.1) is 0 Å². The van der Waals surface area contributed by atoms with Crippen LogP contribution in [-0.2, 0) is 43.0 Å². The van der Waals surface area contributed by atoms with Crippen molar-refractivity contribution in [3.05, 3.63) is 198 Å². The van der Waals surface area contributed by atoms with Crippen molar-refractivity contribution < 1.29 is 84.6 Å². The first-order chi connectivity index (χ1) is 49.7. The molecule has 536 valence electrons. The van der Waals surface area contributed by atoms with Gasteiger partial charge in [-0.1, -0.05) is 140 Å². The average molecular weight is 1400 g/mol. The van der Waals surface area contributed by atoms with Crippen LogP contribution in [0.3, 0.4) is 0 Å². The van der Waals surface area contributed by atoms with E-state index in [4.69, 9.17) is 58.4 Å².